The third-order valence-electron chi connectivity index (χ3n) is 4.56. The highest BCUT2D eigenvalue weighted by Gasteiger charge is 2.12. The molecule has 2 aromatic heterocycles. The summed E-state index contributed by atoms with van der Waals surface area (Å²) >= 11 is 11.2. The number of hydrogen-bond donors (Lipinski definition) is 2. The minimum absolute atomic E-state index is 0.0799. The molecular formula is C21H19ClN6OS. The molecule has 0 aliphatic carbocycles. The molecule has 1 amide bonds. The molecule has 0 unspecified atom stereocenters. The number of carbonyl (C=O) groups excluding carboxylic acids is 1. The lowest BCUT2D eigenvalue weighted by Gasteiger charge is -2.08. The normalized spacial score (nSPS) is 10.8. The molecule has 0 aliphatic heterocycles. The van der Waals surface area contributed by atoms with Crippen molar-refractivity contribution in [2.24, 2.45) is 0 Å². The Hall–Kier alpha value is -3.23. The zero-order valence-electron chi connectivity index (χ0n) is 16.0. The van der Waals surface area contributed by atoms with Crippen LogP contribution in [0.2, 0.25) is 5.02 Å². The Kier molecular flexibility index (Phi) is 6.06. The monoisotopic (exact) mass is 438 g/mol. The van der Waals surface area contributed by atoms with Gasteiger partial charge in [-0.05, 0) is 60.6 Å². The van der Waals surface area contributed by atoms with Crippen LogP contribution < -0.4 is 5.32 Å². The summed E-state index contributed by atoms with van der Waals surface area (Å²) in [4.78, 5) is 12.5. The molecule has 0 saturated carbocycles. The molecule has 0 atom stereocenters. The van der Waals surface area contributed by atoms with Crippen LogP contribution >= 0.6 is 23.8 Å². The maximum absolute atomic E-state index is 12.5. The van der Waals surface area contributed by atoms with Gasteiger partial charge in [-0.15, -0.1) is 0 Å². The SMILES string of the molecule is O=C(Cn1c(-c2ccc(Cl)cc2)n[nH]c1=S)NCCc1cnn(-c2ccccc2)c1. The molecule has 4 aromatic rings. The summed E-state index contributed by atoms with van der Waals surface area (Å²) in [6.45, 7) is 0.581. The standard InChI is InChI=1S/C21H19ClN6OS/c22-17-8-6-16(7-9-17)20-25-26-21(30)27(20)14-19(29)23-11-10-15-12-24-28(13-15)18-4-2-1-3-5-18/h1-9,12-13H,10-11,14H2,(H,23,29)(H,26,30). The first-order valence-corrected chi connectivity index (χ1v) is 10.2. The Morgan fingerprint density at radius 2 is 1.90 bits per heavy atom. The molecule has 2 N–H and O–H groups in total. The van der Waals surface area contributed by atoms with Gasteiger partial charge in [0.25, 0.3) is 0 Å². The predicted octanol–water partition coefficient (Wildman–Crippen LogP) is 3.81. The smallest absolute Gasteiger partial charge is 0.240 e. The third kappa shape index (κ3) is 4.67. The molecule has 2 heterocycles. The van der Waals surface area contributed by atoms with Crippen molar-refractivity contribution in [3.63, 3.8) is 0 Å². The van der Waals surface area contributed by atoms with Crippen molar-refractivity contribution in [1.29, 1.82) is 0 Å². The van der Waals surface area contributed by atoms with Gasteiger partial charge in [0.1, 0.15) is 6.54 Å². The summed E-state index contributed by atoms with van der Waals surface area (Å²) in [7, 11) is 0. The van der Waals surface area contributed by atoms with Crippen molar-refractivity contribution in [1.82, 2.24) is 29.9 Å². The fourth-order valence-corrected chi connectivity index (χ4v) is 3.36. The highest BCUT2D eigenvalue weighted by atomic mass is 35.5. The first kappa shape index (κ1) is 20.1. The average molecular weight is 439 g/mol. The summed E-state index contributed by atoms with van der Waals surface area (Å²) in [5.41, 5.74) is 2.87. The number of nitrogens with zero attached hydrogens (tertiary/aromatic N) is 4. The summed E-state index contributed by atoms with van der Waals surface area (Å²) in [5, 5.41) is 14.9. The lowest BCUT2D eigenvalue weighted by Crippen LogP contribution is -2.29. The number of halogens is 1. The maximum Gasteiger partial charge on any atom is 0.240 e. The maximum atomic E-state index is 12.5. The lowest BCUT2D eigenvalue weighted by molar-refractivity contribution is -0.121. The van der Waals surface area contributed by atoms with Crippen LogP contribution in [0.1, 0.15) is 5.56 Å². The van der Waals surface area contributed by atoms with Crippen LogP contribution in [0.15, 0.2) is 67.0 Å². The van der Waals surface area contributed by atoms with Gasteiger partial charge in [0, 0.05) is 23.3 Å². The number of para-hydroxylation sites is 1. The van der Waals surface area contributed by atoms with Gasteiger partial charge in [-0.25, -0.2) is 4.68 Å². The number of nitrogens with one attached hydrogen (secondary N) is 2. The summed E-state index contributed by atoms with van der Waals surface area (Å²) in [5.74, 6) is 0.453. The van der Waals surface area contributed by atoms with E-state index in [1.165, 1.54) is 0 Å². The molecule has 9 heteroatoms. The molecular weight excluding hydrogens is 420 g/mol. The summed E-state index contributed by atoms with van der Waals surface area (Å²) in [6, 6.07) is 17.1. The van der Waals surface area contributed by atoms with Gasteiger partial charge in [0.2, 0.25) is 5.91 Å². The van der Waals surface area contributed by atoms with Crippen LogP contribution in [0.4, 0.5) is 0 Å². The second-order valence-electron chi connectivity index (χ2n) is 6.67. The second-order valence-corrected chi connectivity index (χ2v) is 7.50. The molecule has 30 heavy (non-hydrogen) atoms. The largest absolute Gasteiger partial charge is 0.354 e. The number of benzene rings is 2. The molecule has 7 nitrogen and oxygen atoms in total. The van der Waals surface area contributed by atoms with E-state index in [1.54, 1.807) is 16.7 Å². The number of hydrogen-bond acceptors (Lipinski definition) is 4. The van der Waals surface area contributed by atoms with Crippen molar-refractivity contribution in [2.45, 2.75) is 13.0 Å². The van der Waals surface area contributed by atoms with Crippen LogP contribution in [0.3, 0.4) is 0 Å². The van der Waals surface area contributed by atoms with Gasteiger partial charge in [0.05, 0.1) is 11.9 Å². The lowest BCUT2D eigenvalue weighted by atomic mass is 10.2. The van der Waals surface area contributed by atoms with Crippen molar-refractivity contribution in [2.75, 3.05) is 6.54 Å². The molecule has 4 rings (SSSR count). The van der Waals surface area contributed by atoms with Crippen molar-refractivity contribution < 1.29 is 4.79 Å². The third-order valence-corrected chi connectivity index (χ3v) is 5.12. The Balaban J connectivity index is 1.35. The first-order chi connectivity index (χ1) is 14.6. The number of amides is 1. The average Bonchev–Trinajstić information content (AvgIpc) is 3.37. The van der Waals surface area contributed by atoms with Gasteiger partial charge >= 0.3 is 0 Å². The van der Waals surface area contributed by atoms with Gasteiger partial charge < -0.3 is 5.32 Å². The van der Waals surface area contributed by atoms with Crippen LogP contribution in [-0.2, 0) is 17.8 Å². The Labute approximate surface area is 183 Å². The molecule has 0 aliphatic rings. The molecule has 0 fully saturated rings. The van der Waals surface area contributed by atoms with Gasteiger partial charge in [0.15, 0.2) is 10.6 Å². The highest BCUT2D eigenvalue weighted by Crippen LogP contribution is 2.19. The highest BCUT2D eigenvalue weighted by molar-refractivity contribution is 7.71. The molecule has 0 radical (unpaired) electrons. The molecule has 0 saturated heterocycles. The van der Waals surface area contributed by atoms with E-state index in [0.29, 0.717) is 28.6 Å². The van der Waals surface area contributed by atoms with E-state index in [2.05, 4.69) is 20.6 Å². The number of aromatic amines is 1. The predicted molar refractivity (Wildman–Crippen MR) is 118 cm³/mol. The van der Waals surface area contributed by atoms with E-state index in [4.69, 9.17) is 23.8 Å². The van der Waals surface area contributed by atoms with E-state index in [9.17, 15) is 4.79 Å². The van der Waals surface area contributed by atoms with Crippen molar-refractivity contribution in [3.8, 4) is 17.1 Å². The van der Waals surface area contributed by atoms with Crippen LogP contribution in [0, 0.1) is 4.77 Å². The van der Waals surface area contributed by atoms with Crippen LogP contribution in [0.5, 0.6) is 0 Å². The number of aromatic nitrogens is 5. The Morgan fingerprint density at radius 1 is 1.13 bits per heavy atom. The van der Waals surface area contributed by atoms with E-state index in [1.807, 2.05) is 59.5 Å². The molecule has 152 valence electrons. The van der Waals surface area contributed by atoms with Crippen molar-refractivity contribution in [3.05, 3.63) is 82.3 Å². The second kappa shape index (κ2) is 9.06. The van der Waals surface area contributed by atoms with Gasteiger partial charge in [-0.1, -0.05) is 29.8 Å². The number of H-pyrrole nitrogens is 1. The van der Waals surface area contributed by atoms with E-state index >= 15 is 0 Å². The first-order valence-electron chi connectivity index (χ1n) is 9.37. The zero-order chi connectivity index (χ0) is 20.9. The quantitative estimate of drug-likeness (QED) is 0.430. The summed E-state index contributed by atoms with van der Waals surface area (Å²) in [6.07, 6.45) is 4.45. The topological polar surface area (TPSA) is 80.5 Å². The Morgan fingerprint density at radius 3 is 2.67 bits per heavy atom. The van der Waals surface area contributed by atoms with Gasteiger partial charge in [-0.3, -0.25) is 14.5 Å². The number of carbonyl (C=O) groups is 1. The van der Waals surface area contributed by atoms with E-state index in [0.717, 1.165) is 16.8 Å². The minimum Gasteiger partial charge on any atom is -0.354 e. The van der Waals surface area contributed by atoms with E-state index in [-0.39, 0.29) is 12.5 Å². The van der Waals surface area contributed by atoms with Crippen molar-refractivity contribution >= 4 is 29.7 Å². The number of rotatable bonds is 7. The fourth-order valence-electron chi connectivity index (χ4n) is 3.04. The van der Waals surface area contributed by atoms with Crippen LogP contribution in [0.25, 0.3) is 17.1 Å². The summed E-state index contributed by atoms with van der Waals surface area (Å²) < 4.78 is 3.88. The van der Waals surface area contributed by atoms with E-state index < -0.39 is 0 Å². The molecule has 0 bridgehead atoms. The molecule has 0 spiro atoms. The fraction of sp³-hybridized carbons (Fsp3) is 0.143. The zero-order valence-corrected chi connectivity index (χ0v) is 17.5. The molecule has 2 aromatic carbocycles. The Bertz CT molecular complexity index is 1200. The van der Waals surface area contributed by atoms with Gasteiger partial charge in [-0.2, -0.15) is 10.2 Å². The van der Waals surface area contributed by atoms with Crippen LogP contribution in [-0.4, -0.2) is 37.0 Å². The minimum atomic E-state index is -0.141.